The lowest BCUT2D eigenvalue weighted by Gasteiger charge is -2.12. The van der Waals surface area contributed by atoms with Gasteiger partial charge in [-0.2, -0.15) is 9.61 Å². The Balaban J connectivity index is 1.56. The Bertz CT molecular complexity index is 1350. The summed E-state index contributed by atoms with van der Waals surface area (Å²) < 4.78 is 29.9. The van der Waals surface area contributed by atoms with Crippen LogP contribution in [0.2, 0.25) is 6.82 Å². The SMILES string of the molecule is CB(O)NCCNS(=O)(=O)c1ccc(Nc2cc(-c3ccccc3)nc3c(Br)cnn23)cc1. The summed E-state index contributed by atoms with van der Waals surface area (Å²) in [5.41, 5.74) is 3.10. The van der Waals surface area contributed by atoms with Crippen LogP contribution in [0.5, 0.6) is 0 Å². The number of sulfonamides is 1. The van der Waals surface area contributed by atoms with Crippen LogP contribution in [-0.4, -0.2) is 48.2 Å². The molecule has 4 aromatic rings. The van der Waals surface area contributed by atoms with Gasteiger partial charge in [0.25, 0.3) is 0 Å². The van der Waals surface area contributed by atoms with Gasteiger partial charge in [0.1, 0.15) is 5.82 Å². The van der Waals surface area contributed by atoms with E-state index < -0.39 is 17.1 Å². The molecule has 0 spiro atoms. The van der Waals surface area contributed by atoms with E-state index in [4.69, 9.17) is 4.98 Å². The fourth-order valence-corrected chi connectivity index (χ4v) is 4.58. The second kappa shape index (κ2) is 10.0. The molecule has 33 heavy (non-hydrogen) atoms. The molecule has 9 nitrogen and oxygen atoms in total. The van der Waals surface area contributed by atoms with Gasteiger partial charge in [0.05, 0.1) is 21.3 Å². The van der Waals surface area contributed by atoms with Crippen LogP contribution < -0.4 is 15.3 Å². The van der Waals surface area contributed by atoms with Crippen molar-refractivity contribution < 1.29 is 13.4 Å². The van der Waals surface area contributed by atoms with E-state index in [1.54, 1.807) is 29.7 Å². The van der Waals surface area contributed by atoms with Gasteiger partial charge in [-0.25, -0.2) is 18.1 Å². The summed E-state index contributed by atoms with van der Waals surface area (Å²) in [6.45, 7) is 2.05. The molecule has 170 valence electrons. The van der Waals surface area contributed by atoms with Crippen LogP contribution in [0, 0.1) is 0 Å². The minimum atomic E-state index is -3.66. The van der Waals surface area contributed by atoms with Crippen molar-refractivity contribution in [2.75, 3.05) is 18.4 Å². The first-order chi connectivity index (χ1) is 15.8. The Hall–Kier alpha value is -2.77. The zero-order valence-corrected chi connectivity index (χ0v) is 20.1. The maximum absolute atomic E-state index is 12.5. The van der Waals surface area contributed by atoms with Crippen molar-refractivity contribution in [3.8, 4) is 11.3 Å². The summed E-state index contributed by atoms with van der Waals surface area (Å²) >= 11 is 3.49. The van der Waals surface area contributed by atoms with E-state index in [9.17, 15) is 13.4 Å². The number of anilines is 2. The summed E-state index contributed by atoms with van der Waals surface area (Å²) in [6.07, 6.45) is 1.68. The monoisotopic (exact) mass is 528 g/mol. The number of hydrogen-bond donors (Lipinski definition) is 4. The molecule has 0 fully saturated rings. The topological polar surface area (TPSA) is 121 Å². The quantitative estimate of drug-likeness (QED) is 0.195. The van der Waals surface area contributed by atoms with Crippen molar-refractivity contribution in [1.82, 2.24) is 24.5 Å². The number of benzene rings is 2. The highest BCUT2D eigenvalue weighted by molar-refractivity contribution is 9.10. The van der Waals surface area contributed by atoms with Crippen LogP contribution in [-0.2, 0) is 10.0 Å². The Kier molecular flexibility index (Phi) is 7.10. The van der Waals surface area contributed by atoms with E-state index >= 15 is 0 Å². The standard InChI is InChI=1S/C21H22BBrN6O3S/c1-22(30)24-11-12-26-33(31,32)17-9-7-16(8-10-17)27-20-13-19(15-5-3-2-4-6-15)28-21-18(23)14-25-29(20)21/h2-10,13-14,24,26-27,30H,11-12H2,1H3. The number of aromatic nitrogens is 3. The summed E-state index contributed by atoms with van der Waals surface area (Å²) in [7, 11) is -4.35. The van der Waals surface area contributed by atoms with Gasteiger partial charge >= 0.3 is 7.05 Å². The molecule has 0 aliphatic carbocycles. The van der Waals surface area contributed by atoms with E-state index in [0.29, 0.717) is 23.7 Å². The van der Waals surface area contributed by atoms with Crippen LogP contribution in [0.1, 0.15) is 0 Å². The van der Waals surface area contributed by atoms with Gasteiger partial charge in [-0.15, -0.1) is 0 Å². The average molecular weight is 529 g/mol. The molecular weight excluding hydrogens is 507 g/mol. The molecule has 2 aromatic heterocycles. The van der Waals surface area contributed by atoms with Gasteiger partial charge in [0.15, 0.2) is 5.65 Å². The maximum Gasteiger partial charge on any atom is 0.373 e. The molecule has 0 unspecified atom stereocenters. The lowest BCUT2D eigenvalue weighted by Crippen LogP contribution is -2.38. The number of nitrogens with one attached hydrogen (secondary N) is 3. The summed E-state index contributed by atoms with van der Waals surface area (Å²) in [4.78, 5) is 4.86. The zero-order chi connectivity index (χ0) is 23.4. The molecule has 4 N–H and O–H groups in total. The van der Waals surface area contributed by atoms with Gasteiger partial charge in [-0.1, -0.05) is 30.3 Å². The molecular formula is C21H22BBrN6O3S. The van der Waals surface area contributed by atoms with Crippen molar-refractivity contribution >= 4 is 50.2 Å². The van der Waals surface area contributed by atoms with E-state index in [0.717, 1.165) is 15.7 Å². The smallest absolute Gasteiger partial charge is 0.373 e. The number of nitrogens with zero attached hydrogens (tertiary/aromatic N) is 3. The highest BCUT2D eigenvalue weighted by Crippen LogP contribution is 2.27. The van der Waals surface area contributed by atoms with Crippen LogP contribution in [0.4, 0.5) is 11.5 Å². The average Bonchev–Trinajstić information content (AvgIpc) is 3.18. The zero-order valence-electron chi connectivity index (χ0n) is 17.7. The van der Waals surface area contributed by atoms with Gasteiger partial charge < -0.3 is 15.6 Å². The predicted molar refractivity (Wildman–Crippen MR) is 133 cm³/mol. The van der Waals surface area contributed by atoms with E-state index in [1.165, 1.54) is 12.1 Å². The number of rotatable bonds is 9. The third-order valence-electron chi connectivity index (χ3n) is 4.79. The minimum absolute atomic E-state index is 0.150. The number of hydrogen-bond acceptors (Lipinski definition) is 7. The molecule has 2 aromatic carbocycles. The molecule has 0 saturated heterocycles. The lowest BCUT2D eigenvalue weighted by molar-refractivity contribution is 0.550. The van der Waals surface area contributed by atoms with E-state index in [-0.39, 0.29) is 11.4 Å². The molecule has 0 bridgehead atoms. The largest absolute Gasteiger partial charge is 0.437 e. The molecule has 0 saturated carbocycles. The predicted octanol–water partition coefficient (Wildman–Crippen LogP) is 2.88. The van der Waals surface area contributed by atoms with Gasteiger partial charge in [0, 0.05) is 30.4 Å². The second-order valence-electron chi connectivity index (χ2n) is 7.30. The van der Waals surface area contributed by atoms with Gasteiger partial charge in [0.2, 0.25) is 10.0 Å². The molecule has 12 heteroatoms. The van der Waals surface area contributed by atoms with Crippen molar-refractivity contribution in [3.63, 3.8) is 0 Å². The summed E-state index contributed by atoms with van der Waals surface area (Å²) in [5.74, 6) is 0.683. The number of halogens is 1. The number of fused-ring (bicyclic) bond motifs is 1. The van der Waals surface area contributed by atoms with Crippen LogP contribution in [0.25, 0.3) is 16.9 Å². The fraction of sp³-hybridized carbons (Fsp3) is 0.143. The molecule has 0 radical (unpaired) electrons. The first-order valence-corrected chi connectivity index (χ1v) is 12.5. The van der Waals surface area contributed by atoms with Crippen molar-refractivity contribution in [1.29, 1.82) is 0 Å². The van der Waals surface area contributed by atoms with Crippen LogP contribution in [0.3, 0.4) is 0 Å². The normalized spacial score (nSPS) is 11.6. The second-order valence-corrected chi connectivity index (χ2v) is 9.92. The molecule has 0 amide bonds. The van der Waals surface area contributed by atoms with Crippen molar-refractivity contribution in [2.24, 2.45) is 0 Å². The fourth-order valence-electron chi connectivity index (χ4n) is 3.20. The Labute approximate surface area is 200 Å². The highest BCUT2D eigenvalue weighted by atomic mass is 79.9. The summed E-state index contributed by atoms with van der Waals surface area (Å²) in [6, 6.07) is 18.1. The molecule has 0 aliphatic rings. The molecule has 0 atom stereocenters. The lowest BCUT2D eigenvalue weighted by atomic mass is 9.89. The first-order valence-electron chi connectivity index (χ1n) is 10.2. The van der Waals surface area contributed by atoms with Crippen LogP contribution in [0.15, 0.2) is 76.2 Å². The van der Waals surface area contributed by atoms with Crippen molar-refractivity contribution in [2.45, 2.75) is 11.7 Å². The minimum Gasteiger partial charge on any atom is -0.437 e. The van der Waals surface area contributed by atoms with Gasteiger partial charge in [-0.05, 0) is 47.0 Å². The molecule has 2 heterocycles. The third-order valence-corrected chi connectivity index (χ3v) is 6.83. The third kappa shape index (κ3) is 5.60. The first kappa shape index (κ1) is 23.4. The van der Waals surface area contributed by atoms with Crippen LogP contribution >= 0.6 is 15.9 Å². The van der Waals surface area contributed by atoms with E-state index in [2.05, 4.69) is 36.3 Å². The van der Waals surface area contributed by atoms with Crippen molar-refractivity contribution in [3.05, 3.63) is 71.3 Å². The van der Waals surface area contributed by atoms with E-state index in [1.807, 2.05) is 36.4 Å². The Morgan fingerprint density at radius 1 is 1.09 bits per heavy atom. The van der Waals surface area contributed by atoms with Gasteiger partial charge in [-0.3, -0.25) is 0 Å². The Morgan fingerprint density at radius 3 is 2.52 bits per heavy atom. The highest BCUT2D eigenvalue weighted by Gasteiger charge is 2.15. The summed E-state index contributed by atoms with van der Waals surface area (Å²) in [5, 5.41) is 19.6. The Morgan fingerprint density at radius 2 is 1.82 bits per heavy atom. The molecule has 0 aliphatic heterocycles. The molecule has 4 rings (SSSR count). The maximum atomic E-state index is 12.5.